The molecule has 1 aliphatic heterocycles. The second-order valence-electron chi connectivity index (χ2n) is 6.33. The highest BCUT2D eigenvalue weighted by atomic mass is 16.5. The van der Waals surface area contributed by atoms with E-state index in [0.29, 0.717) is 24.6 Å². The predicted octanol–water partition coefficient (Wildman–Crippen LogP) is 1.92. The van der Waals surface area contributed by atoms with Gasteiger partial charge in [-0.15, -0.1) is 0 Å². The number of furan rings is 1. The lowest BCUT2D eigenvalue weighted by molar-refractivity contribution is 0.0548. The van der Waals surface area contributed by atoms with E-state index in [1.807, 2.05) is 7.05 Å². The maximum absolute atomic E-state index is 12.7. The van der Waals surface area contributed by atoms with Crippen LogP contribution in [-0.4, -0.2) is 52.3 Å². The third kappa shape index (κ3) is 2.76. The first-order chi connectivity index (χ1) is 11.2. The number of hydrogen-bond acceptors (Lipinski definition) is 5. The summed E-state index contributed by atoms with van der Waals surface area (Å²) in [6.45, 7) is 1.20. The molecule has 2 aromatic rings. The third-order valence-corrected chi connectivity index (χ3v) is 4.67. The fourth-order valence-corrected chi connectivity index (χ4v) is 3.25. The normalized spacial score (nSPS) is 24.0. The Morgan fingerprint density at radius 3 is 3.04 bits per heavy atom. The fraction of sp³-hybridized carbons (Fsp3) is 0.562. The van der Waals surface area contributed by atoms with E-state index in [4.69, 9.17) is 9.15 Å². The number of H-pyrrole nitrogens is 1. The molecule has 23 heavy (non-hydrogen) atoms. The molecule has 1 aliphatic carbocycles. The van der Waals surface area contributed by atoms with Crippen molar-refractivity contribution in [3.63, 3.8) is 0 Å². The van der Waals surface area contributed by atoms with Crippen LogP contribution in [0.15, 0.2) is 23.1 Å². The first kappa shape index (κ1) is 14.4. The molecule has 0 unspecified atom stereocenters. The van der Waals surface area contributed by atoms with Gasteiger partial charge in [-0.25, -0.2) is 4.98 Å². The van der Waals surface area contributed by atoms with Crippen LogP contribution in [0.5, 0.6) is 0 Å². The Morgan fingerprint density at radius 2 is 2.30 bits per heavy atom. The van der Waals surface area contributed by atoms with Crippen molar-refractivity contribution in [1.82, 2.24) is 20.1 Å². The predicted molar refractivity (Wildman–Crippen MR) is 81.1 cm³/mol. The van der Waals surface area contributed by atoms with Gasteiger partial charge in [0, 0.05) is 32.0 Å². The lowest BCUT2D eigenvalue weighted by atomic mass is 10.00. The maximum atomic E-state index is 12.7. The highest BCUT2D eigenvalue weighted by Crippen LogP contribution is 2.42. The molecular weight excluding hydrogens is 296 g/mol. The highest BCUT2D eigenvalue weighted by molar-refractivity contribution is 5.95. The molecule has 2 aliphatic rings. The van der Waals surface area contributed by atoms with Gasteiger partial charge in [0.1, 0.15) is 17.9 Å². The number of ether oxygens (including phenoxy) is 1. The number of nitrogens with one attached hydrogen (secondary N) is 1. The number of nitrogens with zero attached hydrogens (tertiary/aromatic N) is 3. The zero-order valence-electron chi connectivity index (χ0n) is 13.1. The number of carbonyl (C=O) groups excluding carboxylic acids is 1. The van der Waals surface area contributed by atoms with Crippen LogP contribution in [0.1, 0.15) is 53.0 Å². The van der Waals surface area contributed by atoms with Crippen molar-refractivity contribution in [1.29, 1.82) is 0 Å². The van der Waals surface area contributed by atoms with Crippen molar-refractivity contribution in [2.45, 2.75) is 37.2 Å². The lowest BCUT2D eigenvalue weighted by Crippen LogP contribution is -2.36. The molecule has 122 valence electrons. The maximum Gasteiger partial charge on any atom is 0.257 e. The van der Waals surface area contributed by atoms with E-state index in [1.165, 1.54) is 6.33 Å². The van der Waals surface area contributed by atoms with E-state index in [-0.39, 0.29) is 17.9 Å². The standard InChI is InChI=1S/C16H20N4O3/c1-20(16(21)12-5-7-23-14(12)10-2-3-10)8-13-11(4-6-22-13)15-17-9-18-19-15/h5,7,9-11,13H,2-4,6,8H2,1H3,(H,17,18,19)/t11-,13-/m1/s1. The number of aromatic amines is 1. The average molecular weight is 316 g/mol. The summed E-state index contributed by atoms with van der Waals surface area (Å²) in [5.74, 6) is 2.23. The minimum atomic E-state index is -0.0619. The van der Waals surface area contributed by atoms with Gasteiger partial charge in [-0.2, -0.15) is 5.10 Å². The van der Waals surface area contributed by atoms with Crippen LogP contribution in [-0.2, 0) is 4.74 Å². The Morgan fingerprint density at radius 1 is 1.43 bits per heavy atom. The number of likely N-dealkylation sites (N-methyl/N-ethyl adjacent to an activating group) is 1. The van der Waals surface area contributed by atoms with Crippen LogP contribution < -0.4 is 0 Å². The molecule has 4 rings (SSSR count). The fourth-order valence-electron chi connectivity index (χ4n) is 3.25. The van der Waals surface area contributed by atoms with Crippen molar-refractivity contribution in [2.75, 3.05) is 20.2 Å². The second kappa shape index (κ2) is 5.81. The smallest absolute Gasteiger partial charge is 0.257 e. The van der Waals surface area contributed by atoms with Crippen LogP contribution in [0.2, 0.25) is 0 Å². The van der Waals surface area contributed by atoms with E-state index in [9.17, 15) is 4.79 Å². The minimum Gasteiger partial charge on any atom is -0.468 e. The van der Waals surface area contributed by atoms with E-state index >= 15 is 0 Å². The monoisotopic (exact) mass is 316 g/mol. The molecule has 0 radical (unpaired) electrons. The number of aromatic nitrogens is 3. The summed E-state index contributed by atoms with van der Waals surface area (Å²) in [4.78, 5) is 18.7. The van der Waals surface area contributed by atoms with Crippen LogP contribution >= 0.6 is 0 Å². The number of rotatable bonds is 5. The Bertz CT molecular complexity index is 677. The van der Waals surface area contributed by atoms with Crippen LogP contribution in [0.3, 0.4) is 0 Å². The number of amides is 1. The SMILES string of the molecule is CN(C[C@H]1OCC[C@H]1c1ncn[nH]1)C(=O)c1ccoc1C1CC1. The largest absolute Gasteiger partial charge is 0.468 e. The summed E-state index contributed by atoms with van der Waals surface area (Å²) in [6.07, 6.45) is 6.16. The van der Waals surface area contributed by atoms with Gasteiger partial charge in [-0.1, -0.05) is 0 Å². The summed E-state index contributed by atoms with van der Waals surface area (Å²) in [6, 6.07) is 1.77. The molecule has 2 aromatic heterocycles. The van der Waals surface area contributed by atoms with Gasteiger partial charge in [0.15, 0.2) is 0 Å². The van der Waals surface area contributed by atoms with Gasteiger partial charge in [0.25, 0.3) is 5.91 Å². The van der Waals surface area contributed by atoms with Gasteiger partial charge in [-0.3, -0.25) is 9.89 Å². The van der Waals surface area contributed by atoms with E-state index < -0.39 is 0 Å². The van der Waals surface area contributed by atoms with E-state index in [0.717, 1.165) is 30.8 Å². The minimum absolute atomic E-state index is 0.00697. The molecule has 7 heteroatoms. The van der Waals surface area contributed by atoms with Crippen molar-refractivity contribution < 1.29 is 13.9 Å². The van der Waals surface area contributed by atoms with Crippen molar-refractivity contribution in [3.05, 3.63) is 35.8 Å². The summed E-state index contributed by atoms with van der Waals surface area (Å²) in [5.41, 5.74) is 0.684. The molecule has 1 N–H and O–H groups in total. The third-order valence-electron chi connectivity index (χ3n) is 4.67. The number of hydrogen-bond donors (Lipinski definition) is 1. The van der Waals surface area contributed by atoms with Gasteiger partial charge < -0.3 is 14.1 Å². The van der Waals surface area contributed by atoms with Crippen molar-refractivity contribution in [3.8, 4) is 0 Å². The first-order valence-electron chi connectivity index (χ1n) is 8.03. The average Bonchev–Trinajstić information content (AvgIpc) is 3.02. The molecule has 1 saturated carbocycles. The Balaban J connectivity index is 1.45. The van der Waals surface area contributed by atoms with E-state index in [2.05, 4.69) is 15.2 Å². The zero-order valence-corrected chi connectivity index (χ0v) is 13.1. The van der Waals surface area contributed by atoms with Crippen molar-refractivity contribution in [2.24, 2.45) is 0 Å². The molecule has 7 nitrogen and oxygen atoms in total. The molecule has 2 atom stereocenters. The highest BCUT2D eigenvalue weighted by Gasteiger charge is 2.35. The topological polar surface area (TPSA) is 84.2 Å². The molecule has 0 spiro atoms. The number of carbonyl (C=O) groups is 1. The molecule has 0 bridgehead atoms. The molecule has 1 saturated heterocycles. The van der Waals surface area contributed by atoms with Gasteiger partial charge in [0.2, 0.25) is 0 Å². The first-order valence-corrected chi connectivity index (χ1v) is 8.03. The Labute approximate surface area is 134 Å². The van der Waals surface area contributed by atoms with Crippen LogP contribution in [0, 0.1) is 0 Å². The zero-order chi connectivity index (χ0) is 15.8. The molecular formula is C16H20N4O3. The van der Waals surface area contributed by atoms with Crippen LogP contribution in [0.25, 0.3) is 0 Å². The Kier molecular flexibility index (Phi) is 3.65. The van der Waals surface area contributed by atoms with Gasteiger partial charge in [-0.05, 0) is 25.3 Å². The summed E-state index contributed by atoms with van der Waals surface area (Å²) >= 11 is 0. The molecule has 3 heterocycles. The molecule has 0 aromatic carbocycles. The Hall–Kier alpha value is -2.15. The summed E-state index contributed by atoms with van der Waals surface area (Å²) in [5, 5.41) is 6.82. The lowest BCUT2D eigenvalue weighted by Gasteiger charge is -2.24. The van der Waals surface area contributed by atoms with Gasteiger partial charge in [0.05, 0.1) is 17.9 Å². The summed E-state index contributed by atoms with van der Waals surface area (Å²) in [7, 11) is 1.81. The second-order valence-corrected chi connectivity index (χ2v) is 6.33. The van der Waals surface area contributed by atoms with Gasteiger partial charge >= 0.3 is 0 Å². The van der Waals surface area contributed by atoms with Crippen molar-refractivity contribution >= 4 is 5.91 Å². The van der Waals surface area contributed by atoms with Crippen LogP contribution in [0.4, 0.5) is 0 Å². The quantitative estimate of drug-likeness (QED) is 0.911. The summed E-state index contributed by atoms with van der Waals surface area (Å²) < 4.78 is 11.3. The molecule has 2 fully saturated rings. The molecule has 1 amide bonds. The van der Waals surface area contributed by atoms with E-state index in [1.54, 1.807) is 17.2 Å².